The summed E-state index contributed by atoms with van der Waals surface area (Å²) in [6.07, 6.45) is 1.72. The van der Waals surface area contributed by atoms with Gasteiger partial charge in [-0.2, -0.15) is 0 Å². The summed E-state index contributed by atoms with van der Waals surface area (Å²) in [5.41, 5.74) is 0.929. The van der Waals surface area contributed by atoms with Crippen LogP contribution < -0.4 is 10.6 Å². The third-order valence-electron chi connectivity index (χ3n) is 2.69. The molecule has 2 N–H and O–H groups in total. The zero-order chi connectivity index (χ0) is 15.7. The van der Waals surface area contributed by atoms with Crippen molar-refractivity contribution >= 4 is 23.5 Å². The van der Waals surface area contributed by atoms with Gasteiger partial charge in [0.25, 0.3) is 0 Å². The molecule has 0 atom stereocenters. The van der Waals surface area contributed by atoms with Gasteiger partial charge in [-0.05, 0) is 11.6 Å². The number of amides is 1. The van der Waals surface area contributed by atoms with E-state index in [1.807, 2.05) is 24.3 Å². The maximum Gasteiger partial charge on any atom is 0.241 e. The Kier molecular flexibility index (Phi) is 7.32. The molecule has 0 unspecified atom stereocenters. The molecule has 5 nitrogen and oxygen atoms in total. The second-order valence-electron chi connectivity index (χ2n) is 4.57. The van der Waals surface area contributed by atoms with Crippen molar-refractivity contribution in [2.24, 2.45) is 4.99 Å². The van der Waals surface area contributed by atoms with E-state index in [-0.39, 0.29) is 12.5 Å². The molecule has 1 aromatic rings. The highest BCUT2D eigenvalue weighted by molar-refractivity contribution is 6.31. The van der Waals surface area contributed by atoms with Crippen LogP contribution in [-0.2, 0) is 11.3 Å². The van der Waals surface area contributed by atoms with Crippen LogP contribution >= 0.6 is 11.6 Å². The number of hydrogen-bond donors (Lipinski definition) is 2. The Bertz CT molecular complexity index is 514. The van der Waals surface area contributed by atoms with Crippen LogP contribution in [0, 0.1) is 0 Å². The number of carbonyl (C=O) groups excluding carboxylic acids is 1. The van der Waals surface area contributed by atoms with Gasteiger partial charge in [-0.15, -0.1) is 6.58 Å². The fourth-order valence-electron chi connectivity index (χ4n) is 1.45. The van der Waals surface area contributed by atoms with Crippen molar-refractivity contribution in [1.82, 2.24) is 15.5 Å². The molecule has 114 valence electrons. The lowest BCUT2D eigenvalue weighted by Crippen LogP contribution is -2.43. The summed E-state index contributed by atoms with van der Waals surface area (Å²) in [5, 5.41) is 6.72. The minimum Gasteiger partial charge on any atom is -0.353 e. The molecular weight excluding hydrogens is 288 g/mol. The van der Waals surface area contributed by atoms with Gasteiger partial charge in [0.1, 0.15) is 0 Å². The minimum absolute atomic E-state index is 0.0270. The first-order valence-corrected chi connectivity index (χ1v) is 6.99. The average Bonchev–Trinajstić information content (AvgIpc) is 2.47. The third kappa shape index (κ3) is 6.31. The molecule has 0 aliphatic rings. The normalized spacial score (nSPS) is 10.9. The fraction of sp³-hybridized carbons (Fsp3) is 0.333. The van der Waals surface area contributed by atoms with Gasteiger partial charge in [0.2, 0.25) is 5.91 Å². The second-order valence-corrected chi connectivity index (χ2v) is 4.97. The number of halogens is 1. The van der Waals surface area contributed by atoms with Crippen LogP contribution in [0.1, 0.15) is 5.56 Å². The number of nitrogens with zero attached hydrogens (tertiary/aromatic N) is 2. The summed E-state index contributed by atoms with van der Waals surface area (Å²) in [4.78, 5) is 17.5. The number of aliphatic imine (C=N–C) groups is 1. The van der Waals surface area contributed by atoms with E-state index in [0.717, 1.165) is 5.56 Å². The maximum atomic E-state index is 11.6. The molecule has 0 spiro atoms. The number of hydrogen-bond acceptors (Lipinski definition) is 2. The van der Waals surface area contributed by atoms with Crippen molar-refractivity contribution in [2.75, 3.05) is 27.2 Å². The predicted octanol–water partition coefficient (Wildman–Crippen LogP) is 1.65. The highest BCUT2D eigenvalue weighted by atomic mass is 35.5. The van der Waals surface area contributed by atoms with Crippen molar-refractivity contribution in [1.29, 1.82) is 0 Å². The summed E-state index contributed by atoms with van der Waals surface area (Å²) < 4.78 is 0. The molecule has 0 saturated carbocycles. The number of benzene rings is 1. The van der Waals surface area contributed by atoms with Gasteiger partial charge in [-0.1, -0.05) is 35.9 Å². The van der Waals surface area contributed by atoms with Gasteiger partial charge in [-0.25, -0.2) is 4.99 Å². The molecule has 0 aliphatic heterocycles. The molecule has 0 fully saturated rings. The van der Waals surface area contributed by atoms with Crippen LogP contribution in [0.25, 0.3) is 0 Å². The van der Waals surface area contributed by atoms with Crippen LogP contribution in [-0.4, -0.2) is 44.0 Å². The van der Waals surface area contributed by atoms with Gasteiger partial charge >= 0.3 is 0 Å². The molecule has 0 aromatic heterocycles. The van der Waals surface area contributed by atoms with E-state index in [0.29, 0.717) is 24.1 Å². The molecule has 6 heteroatoms. The van der Waals surface area contributed by atoms with E-state index in [1.54, 1.807) is 20.2 Å². The summed E-state index contributed by atoms with van der Waals surface area (Å²) in [6.45, 7) is 4.82. The molecule has 1 rings (SSSR count). The van der Waals surface area contributed by atoms with E-state index in [1.165, 1.54) is 4.90 Å². The van der Waals surface area contributed by atoms with Crippen molar-refractivity contribution in [3.8, 4) is 0 Å². The highest BCUT2D eigenvalue weighted by Crippen LogP contribution is 2.15. The van der Waals surface area contributed by atoms with Crippen LogP contribution in [0.15, 0.2) is 41.9 Å². The van der Waals surface area contributed by atoms with Crippen molar-refractivity contribution in [3.63, 3.8) is 0 Å². The van der Waals surface area contributed by atoms with Crippen LogP contribution in [0.3, 0.4) is 0 Å². The standard InChI is InChI=1S/C15H21ClN4O/c1-4-9-17-15(19-11-14(21)20(2)3)18-10-12-7-5-6-8-13(12)16/h4-8H,1,9-11H2,2-3H3,(H2,17,18,19). The second kappa shape index (κ2) is 9.02. The first-order chi connectivity index (χ1) is 10.0. The Morgan fingerprint density at radius 3 is 2.71 bits per heavy atom. The van der Waals surface area contributed by atoms with E-state index in [9.17, 15) is 4.79 Å². The molecule has 1 amide bonds. The lowest BCUT2D eigenvalue weighted by molar-refractivity contribution is -0.127. The summed E-state index contributed by atoms with van der Waals surface area (Å²) >= 11 is 6.09. The summed E-state index contributed by atoms with van der Waals surface area (Å²) in [6, 6.07) is 7.53. The highest BCUT2D eigenvalue weighted by Gasteiger charge is 2.05. The Morgan fingerprint density at radius 1 is 1.38 bits per heavy atom. The van der Waals surface area contributed by atoms with Crippen LogP contribution in [0.2, 0.25) is 5.02 Å². The lowest BCUT2D eigenvalue weighted by atomic mass is 10.2. The van der Waals surface area contributed by atoms with Crippen molar-refractivity contribution in [2.45, 2.75) is 6.54 Å². The first kappa shape index (κ1) is 17.0. The first-order valence-electron chi connectivity index (χ1n) is 6.61. The molecule has 1 aromatic carbocycles. The molecule has 0 aliphatic carbocycles. The number of likely N-dealkylation sites (N-methyl/N-ethyl adjacent to an activating group) is 1. The van der Waals surface area contributed by atoms with Crippen molar-refractivity contribution in [3.05, 3.63) is 47.5 Å². The van der Waals surface area contributed by atoms with Gasteiger partial charge in [0, 0.05) is 25.7 Å². The zero-order valence-electron chi connectivity index (χ0n) is 12.4. The fourth-order valence-corrected chi connectivity index (χ4v) is 1.65. The van der Waals surface area contributed by atoms with E-state index in [4.69, 9.17) is 11.6 Å². The van der Waals surface area contributed by atoms with Gasteiger partial charge in [0.15, 0.2) is 5.96 Å². The molecule has 0 bridgehead atoms. The predicted molar refractivity (Wildman–Crippen MR) is 87.5 cm³/mol. The third-order valence-corrected chi connectivity index (χ3v) is 3.05. The Hall–Kier alpha value is -2.01. The smallest absolute Gasteiger partial charge is 0.241 e. The maximum absolute atomic E-state index is 11.6. The topological polar surface area (TPSA) is 56.7 Å². The quantitative estimate of drug-likeness (QED) is 0.477. The average molecular weight is 309 g/mol. The minimum atomic E-state index is -0.0270. The Labute approximate surface area is 130 Å². The molecule has 0 heterocycles. The SMILES string of the molecule is C=CCNC(=NCc1ccccc1Cl)NCC(=O)N(C)C. The number of rotatable bonds is 6. The largest absolute Gasteiger partial charge is 0.353 e. The zero-order valence-corrected chi connectivity index (χ0v) is 13.2. The number of nitrogens with one attached hydrogen (secondary N) is 2. The molecular formula is C15H21ClN4O. The molecule has 0 saturated heterocycles. The van der Waals surface area contributed by atoms with E-state index >= 15 is 0 Å². The van der Waals surface area contributed by atoms with E-state index < -0.39 is 0 Å². The summed E-state index contributed by atoms with van der Waals surface area (Å²) in [7, 11) is 3.42. The number of carbonyl (C=O) groups is 1. The molecule has 0 radical (unpaired) electrons. The monoisotopic (exact) mass is 308 g/mol. The Morgan fingerprint density at radius 2 is 2.10 bits per heavy atom. The van der Waals surface area contributed by atoms with Crippen molar-refractivity contribution < 1.29 is 4.79 Å². The molecule has 21 heavy (non-hydrogen) atoms. The van der Waals surface area contributed by atoms with Crippen LogP contribution in [0.5, 0.6) is 0 Å². The van der Waals surface area contributed by atoms with Gasteiger partial charge in [0.05, 0.1) is 13.1 Å². The lowest BCUT2D eigenvalue weighted by Gasteiger charge is -2.14. The Balaban J connectivity index is 2.67. The van der Waals surface area contributed by atoms with Gasteiger partial charge < -0.3 is 15.5 Å². The van der Waals surface area contributed by atoms with E-state index in [2.05, 4.69) is 22.2 Å². The summed E-state index contributed by atoms with van der Waals surface area (Å²) in [5.74, 6) is 0.519. The number of guanidine groups is 1. The van der Waals surface area contributed by atoms with Gasteiger partial charge in [-0.3, -0.25) is 4.79 Å². The van der Waals surface area contributed by atoms with Crippen LogP contribution in [0.4, 0.5) is 0 Å².